The summed E-state index contributed by atoms with van der Waals surface area (Å²) in [6, 6.07) is 0. The van der Waals surface area contributed by atoms with E-state index in [1.165, 1.54) is 0 Å². The number of carbonyl (C=O) groups is 1. The van der Waals surface area contributed by atoms with Crippen LogP contribution in [0.2, 0.25) is 0 Å². The third-order valence-corrected chi connectivity index (χ3v) is 3.30. The lowest BCUT2D eigenvalue weighted by Gasteiger charge is -2.43. The summed E-state index contributed by atoms with van der Waals surface area (Å²) in [5.74, 6) is -0.900. The molecule has 0 saturated carbocycles. The van der Waals surface area contributed by atoms with Gasteiger partial charge in [0.15, 0.2) is 0 Å². The summed E-state index contributed by atoms with van der Waals surface area (Å²) in [7, 11) is 0. The predicted octanol–water partition coefficient (Wildman–Crippen LogP) is 1.97. The van der Waals surface area contributed by atoms with Crippen molar-refractivity contribution in [2.24, 2.45) is 5.92 Å². The van der Waals surface area contributed by atoms with Crippen molar-refractivity contribution in [2.45, 2.75) is 52.1 Å². The highest BCUT2D eigenvalue weighted by Crippen LogP contribution is 2.39. The van der Waals surface area contributed by atoms with E-state index in [2.05, 4.69) is 25.7 Å². The van der Waals surface area contributed by atoms with Crippen molar-refractivity contribution in [2.75, 3.05) is 6.54 Å². The van der Waals surface area contributed by atoms with E-state index >= 15 is 0 Å². The van der Waals surface area contributed by atoms with Gasteiger partial charge in [0.05, 0.1) is 5.92 Å². The second kappa shape index (κ2) is 3.23. The first-order valence-corrected chi connectivity index (χ1v) is 5.18. The summed E-state index contributed by atoms with van der Waals surface area (Å²) in [6.45, 7) is 11.4. The van der Waals surface area contributed by atoms with Crippen LogP contribution in [0, 0.1) is 5.92 Å². The van der Waals surface area contributed by atoms with Gasteiger partial charge in [0.2, 0.25) is 0 Å². The Hall–Kier alpha value is -0.570. The van der Waals surface area contributed by atoms with E-state index in [0.717, 1.165) is 13.0 Å². The first-order chi connectivity index (χ1) is 6.17. The Kier molecular flexibility index (Phi) is 2.65. The van der Waals surface area contributed by atoms with Gasteiger partial charge in [-0.15, -0.1) is 0 Å². The fraction of sp³-hybridized carbons (Fsp3) is 0.909. The fourth-order valence-electron chi connectivity index (χ4n) is 2.71. The SMILES string of the molecule is CC(C)(C)N1CCC(C(=O)O)C1(C)C. The molecule has 0 aromatic carbocycles. The van der Waals surface area contributed by atoms with Crippen LogP contribution in [-0.2, 0) is 4.79 Å². The Morgan fingerprint density at radius 2 is 1.93 bits per heavy atom. The number of hydrogen-bond acceptors (Lipinski definition) is 2. The molecule has 0 aliphatic carbocycles. The standard InChI is InChI=1S/C11H21NO2/c1-10(2,3)12-7-6-8(9(13)14)11(12,4)5/h8H,6-7H2,1-5H3,(H,13,14). The van der Waals surface area contributed by atoms with E-state index in [0.29, 0.717) is 0 Å². The van der Waals surface area contributed by atoms with Crippen LogP contribution in [0.25, 0.3) is 0 Å². The molecule has 1 N–H and O–H groups in total. The van der Waals surface area contributed by atoms with E-state index in [9.17, 15) is 4.79 Å². The summed E-state index contributed by atoms with van der Waals surface area (Å²) in [5.41, 5.74) is -0.183. The first kappa shape index (κ1) is 11.5. The molecule has 0 amide bonds. The van der Waals surface area contributed by atoms with Crippen molar-refractivity contribution in [3.8, 4) is 0 Å². The van der Waals surface area contributed by atoms with Gasteiger partial charge in [-0.3, -0.25) is 9.69 Å². The quantitative estimate of drug-likeness (QED) is 0.702. The monoisotopic (exact) mass is 199 g/mol. The van der Waals surface area contributed by atoms with Crippen LogP contribution < -0.4 is 0 Å². The lowest BCUT2D eigenvalue weighted by atomic mass is 9.86. The van der Waals surface area contributed by atoms with Crippen molar-refractivity contribution in [3.63, 3.8) is 0 Å². The Bertz CT molecular complexity index is 240. The summed E-state index contributed by atoms with van der Waals surface area (Å²) in [4.78, 5) is 13.4. The zero-order valence-electron chi connectivity index (χ0n) is 9.79. The molecule has 3 heteroatoms. The Balaban J connectivity index is 2.92. The molecular weight excluding hydrogens is 178 g/mol. The zero-order chi connectivity index (χ0) is 11.1. The molecule has 1 heterocycles. The second-order valence-corrected chi connectivity index (χ2v) is 5.66. The van der Waals surface area contributed by atoms with E-state index < -0.39 is 5.97 Å². The zero-order valence-corrected chi connectivity index (χ0v) is 9.79. The van der Waals surface area contributed by atoms with E-state index in [-0.39, 0.29) is 17.0 Å². The van der Waals surface area contributed by atoms with Gasteiger partial charge in [-0.1, -0.05) is 0 Å². The molecule has 0 aromatic rings. The molecule has 1 unspecified atom stereocenters. The van der Waals surface area contributed by atoms with E-state index in [1.54, 1.807) is 0 Å². The average molecular weight is 199 g/mol. The number of hydrogen-bond donors (Lipinski definition) is 1. The maximum absolute atomic E-state index is 11.1. The maximum atomic E-state index is 11.1. The molecule has 1 aliphatic rings. The molecule has 1 fully saturated rings. The lowest BCUT2D eigenvalue weighted by Crippen LogP contribution is -2.53. The van der Waals surface area contributed by atoms with Gasteiger partial charge in [0.25, 0.3) is 0 Å². The molecule has 1 atom stereocenters. The van der Waals surface area contributed by atoms with Crippen LogP contribution in [-0.4, -0.2) is 33.6 Å². The van der Waals surface area contributed by atoms with Crippen molar-refractivity contribution in [1.29, 1.82) is 0 Å². The van der Waals surface area contributed by atoms with Crippen LogP contribution in [0.5, 0.6) is 0 Å². The van der Waals surface area contributed by atoms with Gasteiger partial charge >= 0.3 is 5.97 Å². The molecule has 14 heavy (non-hydrogen) atoms. The smallest absolute Gasteiger partial charge is 0.308 e. The number of likely N-dealkylation sites (tertiary alicyclic amines) is 1. The highest BCUT2D eigenvalue weighted by Gasteiger charge is 2.48. The van der Waals surface area contributed by atoms with Crippen molar-refractivity contribution in [3.05, 3.63) is 0 Å². The number of carboxylic acid groups (broad SMARTS) is 1. The van der Waals surface area contributed by atoms with E-state index in [4.69, 9.17) is 5.11 Å². The number of aliphatic carboxylic acids is 1. The Morgan fingerprint density at radius 3 is 2.14 bits per heavy atom. The number of rotatable bonds is 1. The third-order valence-electron chi connectivity index (χ3n) is 3.30. The van der Waals surface area contributed by atoms with Gasteiger partial charge in [-0.2, -0.15) is 0 Å². The molecule has 0 spiro atoms. The van der Waals surface area contributed by atoms with Crippen LogP contribution in [0.3, 0.4) is 0 Å². The van der Waals surface area contributed by atoms with Crippen molar-refractivity contribution in [1.82, 2.24) is 4.90 Å². The van der Waals surface area contributed by atoms with Crippen molar-refractivity contribution >= 4 is 5.97 Å². The van der Waals surface area contributed by atoms with E-state index in [1.807, 2.05) is 13.8 Å². The first-order valence-electron chi connectivity index (χ1n) is 5.18. The molecule has 82 valence electrons. The molecule has 0 aromatic heterocycles. The third kappa shape index (κ3) is 1.78. The van der Waals surface area contributed by atoms with Crippen LogP contribution in [0.1, 0.15) is 41.0 Å². The van der Waals surface area contributed by atoms with Gasteiger partial charge < -0.3 is 5.11 Å². The van der Waals surface area contributed by atoms with Crippen molar-refractivity contribution < 1.29 is 9.90 Å². The summed E-state index contributed by atoms with van der Waals surface area (Å²) in [5, 5.41) is 9.11. The average Bonchev–Trinajstić information content (AvgIpc) is 2.22. The van der Waals surface area contributed by atoms with Crippen LogP contribution >= 0.6 is 0 Å². The molecule has 1 aliphatic heterocycles. The lowest BCUT2D eigenvalue weighted by molar-refractivity contribution is -0.144. The maximum Gasteiger partial charge on any atom is 0.308 e. The number of carboxylic acids is 1. The normalized spacial score (nSPS) is 27.9. The highest BCUT2D eigenvalue weighted by molar-refractivity contribution is 5.72. The van der Waals surface area contributed by atoms with Gasteiger partial charge in [0, 0.05) is 17.6 Å². The predicted molar refractivity (Wildman–Crippen MR) is 56.3 cm³/mol. The van der Waals surface area contributed by atoms with Crippen LogP contribution in [0.15, 0.2) is 0 Å². The Labute approximate surface area is 86.1 Å². The molecule has 0 radical (unpaired) electrons. The van der Waals surface area contributed by atoms with Gasteiger partial charge in [0.1, 0.15) is 0 Å². The Morgan fingerprint density at radius 1 is 1.43 bits per heavy atom. The second-order valence-electron chi connectivity index (χ2n) is 5.66. The largest absolute Gasteiger partial charge is 0.481 e. The molecular formula is C11H21NO2. The summed E-state index contributed by atoms with van der Waals surface area (Å²) in [6.07, 6.45) is 0.763. The molecule has 1 rings (SSSR count). The minimum atomic E-state index is -0.665. The summed E-state index contributed by atoms with van der Waals surface area (Å²) >= 11 is 0. The van der Waals surface area contributed by atoms with Gasteiger partial charge in [-0.05, 0) is 41.0 Å². The molecule has 1 saturated heterocycles. The minimum absolute atomic E-state index is 0.0493. The summed E-state index contributed by atoms with van der Waals surface area (Å²) < 4.78 is 0. The number of nitrogens with zero attached hydrogens (tertiary/aromatic N) is 1. The fourth-order valence-corrected chi connectivity index (χ4v) is 2.71. The topological polar surface area (TPSA) is 40.5 Å². The minimum Gasteiger partial charge on any atom is -0.481 e. The molecule has 3 nitrogen and oxygen atoms in total. The van der Waals surface area contributed by atoms with Crippen LogP contribution in [0.4, 0.5) is 0 Å². The molecule has 0 bridgehead atoms. The highest BCUT2D eigenvalue weighted by atomic mass is 16.4. The van der Waals surface area contributed by atoms with Gasteiger partial charge in [-0.25, -0.2) is 0 Å².